The molecule has 0 bridgehead atoms. The lowest BCUT2D eigenvalue weighted by molar-refractivity contribution is -0.384. The van der Waals surface area contributed by atoms with E-state index in [2.05, 4.69) is 0 Å². The van der Waals surface area contributed by atoms with Gasteiger partial charge in [-0.3, -0.25) is 19.7 Å². The lowest BCUT2D eigenvalue weighted by Crippen LogP contribution is -2.44. The first-order valence-corrected chi connectivity index (χ1v) is 7.86. The van der Waals surface area contributed by atoms with Gasteiger partial charge in [-0.1, -0.05) is 0 Å². The molecule has 27 heavy (non-hydrogen) atoms. The summed E-state index contributed by atoms with van der Waals surface area (Å²) in [6.07, 6.45) is -4.94. The minimum Gasteiger partial charge on any atom is -0.370 e. The topological polar surface area (TPSA) is 102 Å². The normalized spacial score (nSPS) is 18.8. The molecule has 1 aromatic rings. The third kappa shape index (κ3) is 3.71. The van der Waals surface area contributed by atoms with Crippen LogP contribution < -0.4 is 9.80 Å². The molecule has 2 amide bonds. The summed E-state index contributed by atoms with van der Waals surface area (Å²) >= 11 is 0. The van der Waals surface area contributed by atoms with Crippen molar-refractivity contribution in [1.82, 2.24) is 0 Å². The highest BCUT2D eigenvalue weighted by atomic mass is 19.4. The third-order valence-electron chi connectivity index (χ3n) is 4.15. The predicted molar refractivity (Wildman–Crippen MR) is 84.4 cm³/mol. The van der Waals surface area contributed by atoms with Gasteiger partial charge in [-0.15, -0.1) is 0 Å². The summed E-state index contributed by atoms with van der Waals surface area (Å²) in [6, 6.07) is 1.23. The molecule has 0 saturated carbocycles. The van der Waals surface area contributed by atoms with Crippen molar-refractivity contribution in [3.63, 3.8) is 0 Å². The molecule has 2 heterocycles. The Balaban J connectivity index is 2.20. The Morgan fingerprint density at radius 2 is 1.48 bits per heavy atom. The SMILES string of the molecule is O=C1COCCN1c1cc(N2CCOCC2=O)c(C(F)(F)F)cc1[N+](=O)[O-]. The van der Waals surface area contributed by atoms with E-state index < -0.39 is 46.5 Å². The van der Waals surface area contributed by atoms with Crippen LogP contribution in [0.1, 0.15) is 5.56 Å². The molecular weight excluding hydrogens is 375 g/mol. The van der Waals surface area contributed by atoms with E-state index in [9.17, 15) is 32.9 Å². The first kappa shape index (κ1) is 19.0. The number of hydrogen-bond acceptors (Lipinski definition) is 6. The van der Waals surface area contributed by atoms with Gasteiger partial charge < -0.3 is 19.3 Å². The van der Waals surface area contributed by atoms with Crippen LogP contribution in [-0.4, -0.2) is 56.3 Å². The summed E-state index contributed by atoms with van der Waals surface area (Å²) in [4.78, 5) is 36.3. The molecule has 2 saturated heterocycles. The van der Waals surface area contributed by atoms with Gasteiger partial charge in [0.25, 0.3) is 17.5 Å². The van der Waals surface area contributed by atoms with Gasteiger partial charge >= 0.3 is 6.18 Å². The van der Waals surface area contributed by atoms with Crippen molar-refractivity contribution in [3.05, 3.63) is 27.8 Å². The second-order valence-electron chi connectivity index (χ2n) is 5.81. The summed E-state index contributed by atoms with van der Waals surface area (Å²) in [5, 5.41) is 11.4. The molecule has 146 valence electrons. The lowest BCUT2D eigenvalue weighted by atomic mass is 10.1. The number of nitro groups is 1. The van der Waals surface area contributed by atoms with Crippen LogP contribution in [0.25, 0.3) is 0 Å². The maximum absolute atomic E-state index is 13.5. The Labute approximate surface area is 150 Å². The molecule has 0 spiro atoms. The second kappa shape index (κ2) is 7.12. The number of halogens is 3. The number of nitrogens with zero attached hydrogens (tertiary/aromatic N) is 3. The number of ether oxygens (including phenoxy) is 2. The van der Waals surface area contributed by atoms with E-state index in [1.54, 1.807) is 0 Å². The van der Waals surface area contributed by atoms with E-state index in [1.165, 1.54) is 0 Å². The molecule has 3 rings (SSSR count). The van der Waals surface area contributed by atoms with E-state index in [1.807, 2.05) is 0 Å². The minimum absolute atomic E-state index is 0.0197. The third-order valence-corrected chi connectivity index (χ3v) is 4.15. The highest BCUT2D eigenvalue weighted by Crippen LogP contribution is 2.43. The van der Waals surface area contributed by atoms with Crippen LogP contribution in [0.4, 0.5) is 30.2 Å². The number of nitro benzene ring substituents is 1. The van der Waals surface area contributed by atoms with E-state index in [-0.39, 0.29) is 38.6 Å². The smallest absolute Gasteiger partial charge is 0.370 e. The molecule has 0 aromatic heterocycles. The minimum atomic E-state index is -4.94. The van der Waals surface area contributed by atoms with Crippen LogP contribution in [0.2, 0.25) is 0 Å². The molecule has 0 aliphatic carbocycles. The highest BCUT2D eigenvalue weighted by Gasteiger charge is 2.41. The van der Waals surface area contributed by atoms with Crippen LogP contribution in [0.3, 0.4) is 0 Å². The Kier molecular flexibility index (Phi) is 5.02. The molecule has 2 aliphatic heterocycles. The van der Waals surface area contributed by atoms with Crippen LogP contribution in [0, 0.1) is 10.1 Å². The zero-order chi connectivity index (χ0) is 19.8. The number of carbonyl (C=O) groups is 2. The van der Waals surface area contributed by atoms with Crippen molar-refractivity contribution >= 4 is 28.9 Å². The Morgan fingerprint density at radius 3 is 1.93 bits per heavy atom. The zero-order valence-corrected chi connectivity index (χ0v) is 13.8. The fraction of sp³-hybridized carbons (Fsp3) is 0.467. The van der Waals surface area contributed by atoms with Crippen LogP contribution in [0.5, 0.6) is 0 Å². The zero-order valence-electron chi connectivity index (χ0n) is 13.8. The number of morpholine rings is 2. The standard InChI is InChI=1S/C15H14F3N3O6/c16-15(17,18)9-5-12(21(24)25)11(20-2-4-27-8-14(20)23)6-10(9)19-1-3-26-7-13(19)22/h5-6H,1-4,7-8H2. The van der Waals surface area contributed by atoms with Crippen molar-refractivity contribution in [2.24, 2.45) is 0 Å². The van der Waals surface area contributed by atoms with E-state index in [4.69, 9.17) is 9.47 Å². The van der Waals surface area contributed by atoms with E-state index in [0.29, 0.717) is 6.07 Å². The summed E-state index contributed by atoms with van der Waals surface area (Å²) < 4.78 is 50.5. The number of rotatable bonds is 3. The molecule has 2 aliphatic rings. The lowest BCUT2D eigenvalue weighted by Gasteiger charge is -2.31. The van der Waals surface area contributed by atoms with Gasteiger partial charge in [-0.05, 0) is 6.07 Å². The van der Waals surface area contributed by atoms with Crippen LogP contribution in [-0.2, 0) is 25.2 Å². The number of amides is 2. The van der Waals surface area contributed by atoms with Gasteiger partial charge in [0.05, 0.1) is 29.4 Å². The summed E-state index contributed by atoms with van der Waals surface area (Å²) in [6.45, 7) is -0.844. The second-order valence-corrected chi connectivity index (χ2v) is 5.81. The van der Waals surface area contributed by atoms with Gasteiger partial charge in [0, 0.05) is 19.2 Å². The van der Waals surface area contributed by atoms with Gasteiger partial charge in [-0.2, -0.15) is 13.2 Å². The first-order chi connectivity index (χ1) is 12.7. The monoisotopic (exact) mass is 389 g/mol. The average Bonchev–Trinajstić information content (AvgIpc) is 2.60. The van der Waals surface area contributed by atoms with Gasteiger partial charge in [0.2, 0.25) is 0 Å². The first-order valence-electron chi connectivity index (χ1n) is 7.86. The average molecular weight is 389 g/mol. The summed E-state index contributed by atoms with van der Waals surface area (Å²) in [7, 11) is 0. The fourth-order valence-corrected chi connectivity index (χ4v) is 2.92. The van der Waals surface area contributed by atoms with Gasteiger partial charge in [-0.25, -0.2) is 0 Å². The van der Waals surface area contributed by atoms with Crippen molar-refractivity contribution in [2.75, 3.05) is 49.3 Å². The number of anilines is 2. The maximum Gasteiger partial charge on any atom is 0.418 e. The quantitative estimate of drug-likeness (QED) is 0.571. The molecule has 9 nitrogen and oxygen atoms in total. The van der Waals surface area contributed by atoms with Crippen molar-refractivity contribution in [3.8, 4) is 0 Å². The van der Waals surface area contributed by atoms with E-state index in [0.717, 1.165) is 15.9 Å². The summed E-state index contributed by atoms with van der Waals surface area (Å²) in [5.41, 5.74) is -3.05. The van der Waals surface area contributed by atoms with E-state index >= 15 is 0 Å². The number of benzene rings is 1. The highest BCUT2D eigenvalue weighted by molar-refractivity contribution is 6.00. The Bertz CT molecular complexity index is 798. The number of alkyl halides is 3. The molecule has 0 N–H and O–H groups in total. The van der Waals surface area contributed by atoms with Crippen molar-refractivity contribution < 1.29 is 37.2 Å². The molecular formula is C15H14F3N3O6. The maximum atomic E-state index is 13.5. The number of carbonyl (C=O) groups excluding carboxylic acids is 2. The molecule has 12 heteroatoms. The van der Waals surface area contributed by atoms with Gasteiger partial charge in [0.1, 0.15) is 18.9 Å². The largest absolute Gasteiger partial charge is 0.418 e. The van der Waals surface area contributed by atoms with Crippen molar-refractivity contribution in [2.45, 2.75) is 6.18 Å². The predicted octanol–water partition coefficient (Wildman–Crippen LogP) is 1.34. The fourth-order valence-electron chi connectivity index (χ4n) is 2.92. The van der Waals surface area contributed by atoms with Crippen molar-refractivity contribution in [1.29, 1.82) is 0 Å². The van der Waals surface area contributed by atoms with Crippen LogP contribution >= 0.6 is 0 Å². The molecule has 0 radical (unpaired) electrons. The number of hydrogen-bond donors (Lipinski definition) is 0. The Hall–Kier alpha value is -2.73. The molecule has 2 fully saturated rings. The molecule has 0 atom stereocenters. The molecule has 1 aromatic carbocycles. The van der Waals surface area contributed by atoms with Crippen LogP contribution in [0.15, 0.2) is 12.1 Å². The molecule has 0 unspecified atom stereocenters. The Morgan fingerprint density at radius 1 is 0.963 bits per heavy atom. The van der Waals surface area contributed by atoms with Gasteiger partial charge in [0.15, 0.2) is 0 Å². The summed E-state index contributed by atoms with van der Waals surface area (Å²) in [5.74, 6) is -1.33.